The topological polar surface area (TPSA) is 69.2 Å². The molecule has 0 heterocycles. The number of nitrogens with zero attached hydrogens (tertiary/aromatic N) is 1. The zero-order chi connectivity index (χ0) is 25.9. The van der Waals surface area contributed by atoms with Crippen LogP contribution in [0.1, 0.15) is 34.0 Å². The Morgan fingerprint density at radius 3 is 2.32 bits per heavy atom. The van der Waals surface area contributed by atoms with Crippen LogP contribution >= 0.6 is 11.6 Å². The second-order valence-corrected chi connectivity index (χ2v) is 8.46. The van der Waals surface area contributed by atoms with Gasteiger partial charge in [0.05, 0.1) is 12.8 Å². The third-order valence-corrected chi connectivity index (χ3v) is 5.55. The summed E-state index contributed by atoms with van der Waals surface area (Å²) in [5.74, 6) is 1.33. The highest BCUT2D eigenvalue weighted by atomic mass is 35.5. The zero-order valence-corrected chi connectivity index (χ0v) is 21.2. The summed E-state index contributed by atoms with van der Waals surface area (Å²) in [7, 11) is 0. The monoisotopic (exact) mass is 514 g/mol. The van der Waals surface area contributed by atoms with Gasteiger partial charge in [-0.25, -0.2) is 5.43 Å². The summed E-state index contributed by atoms with van der Waals surface area (Å²) >= 11 is 6.05. The normalized spacial score (nSPS) is 10.8. The fourth-order valence-electron chi connectivity index (χ4n) is 3.50. The van der Waals surface area contributed by atoms with Crippen molar-refractivity contribution in [1.82, 2.24) is 5.43 Å². The SMILES string of the molecule is CCOc1cc(C(=O)N/N=C/c2ccccc2OCc2cccc(Cl)c2)ccc1OCc1ccccc1. The van der Waals surface area contributed by atoms with Gasteiger partial charge >= 0.3 is 0 Å². The van der Waals surface area contributed by atoms with Gasteiger partial charge in [0.2, 0.25) is 0 Å². The lowest BCUT2D eigenvalue weighted by Crippen LogP contribution is -2.18. The molecule has 0 atom stereocenters. The number of hydrazone groups is 1. The Morgan fingerprint density at radius 1 is 0.784 bits per heavy atom. The molecule has 0 saturated heterocycles. The van der Waals surface area contributed by atoms with Gasteiger partial charge in [-0.3, -0.25) is 4.79 Å². The molecule has 0 aliphatic carbocycles. The van der Waals surface area contributed by atoms with Crippen molar-refractivity contribution in [3.8, 4) is 17.2 Å². The number of benzene rings is 4. The third kappa shape index (κ3) is 7.59. The summed E-state index contributed by atoms with van der Waals surface area (Å²) in [6.45, 7) is 3.08. The van der Waals surface area contributed by atoms with E-state index in [1.807, 2.05) is 85.8 Å². The second kappa shape index (κ2) is 13.1. The number of carbonyl (C=O) groups excluding carboxylic acids is 1. The van der Waals surface area contributed by atoms with Gasteiger partial charge in [0.25, 0.3) is 5.91 Å². The second-order valence-electron chi connectivity index (χ2n) is 8.02. The number of para-hydroxylation sites is 1. The number of hydrogen-bond donors (Lipinski definition) is 1. The van der Waals surface area contributed by atoms with Crippen molar-refractivity contribution in [3.63, 3.8) is 0 Å². The van der Waals surface area contributed by atoms with Crippen molar-refractivity contribution in [2.75, 3.05) is 6.61 Å². The minimum absolute atomic E-state index is 0.358. The summed E-state index contributed by atoms with van der Waals surface area (Å²) in [5.41, 5.74) is 5.68. The van der Waals surface area contributed by atoms with Crippen LogP contribution in [0.4, 0.5) is 0 Å². The van der Waals surface area contributed by atoms with E-state index in [1.54, 1.807) is 24.4 Å². The summed E-state index contributed by atoms with van der Waals surface area (Å²) in [5, 5.41) is 4.78. The maximum atomic E-state index is 12.7. The quantitative estimate of drug-likeness (QED) is 0.179. The molecule has 1 amide bonds. The van der Waals surface area contributed by atoms with Crippen LogP contribution in [0, 0.1) is 0 Å². The van der Waals surface area contributed by atoms with Crippen molar-refractivity contribution < 1.29 is 19.0 Å². The average molecular weight is 515 g/mol. The first-order valence-electron chi connectivity index (χ1n) is 11.9. The van der Waals surface area contributed by atoms with Crippen molar-refractivity contribution >= 4 is 23.7 Å². The first-order chi connectivity index (χ1) is 18.1. The van der Waals surface area contributed by atoms with E-state index in [4.69, 9.17) is 25.8 Å². The molecule has 0 radical (unpaired) electrons. The van der Waals surface area contributed by atoms with Gasteiger partial charge in [0, 0.05) is 16.1 Å². The molecule has 7 heteroatoms. The third-order valence-electron chi connectivity index (χ3n) is 5.32. The molecule has 1 N–H and O–H groups in total. The molecule has 6 nitrogen and oxygen atoms in total. The molecule has 4 aromatic rings. The van der Waals surface area contributed by atoms with Gasteiger partial charge in [-0.15, -0.1) is 0 Å². The van der Waals surface area contributed by atoms with Crippen LogP contribution in [0.25, 0.3) is 0 Å². The molecule has 0 fully saturated rings. The number of amides is 1. The highest BCUT2D eigenvalue weighted by molar-refractivity contribution is 6.30. The van der Waals surface area contributed by atoms with E-state index >= 15 is 0 Å². The highest BCUT2D eigenvalue weighted by Gasteiger charge is 2.12. The van der Waals surface area contributed by atoms with Gasteiger partial charge in [-0.2, -0.15) is 5.10 Å². The predicted octanol–water partition coefficient (Wildman–Crippen LogP) is 6.66. The van der Waals surface area contributed by atoms with E-state index in [0.29, 0.717) is 47.7 Å². The first kappa shape index (κ1) is 25.8. The minimum atomic E-state index is -0.371. The number of rotatable bonds is 11. The van der Waals surface area contributed by atoms with Crippen LogP contribution in [0.15, 0.2) is 102 Å². The molecule has 37 heavy (non-hydrogen) atoms. The van der Waals surface area contributed by atoms with Crippen LogP contribution in [0.2, 0.25) is 5.02 Å². The van der Waals surface area contributed by atoms with E-state index in [1.165, 1.54) is 0 Å². The Kier molecular flexibility index (Phi) is 9.16. The first-order valence-corrected chi connectivity index (χ1v) is 12.2. The molecule has 188 valence electrons. The number of hydrogen-bond acceptors (Lipinski definition) is 5. The van der Waals surface area contributed by atoms with Crippen molar-refractivity contribution in [3.05, 3.63) is 124 Å². The van der Waals surface area contributed by atoms with Crippen molar-refractivity contribution in [1.29, 1.82) is 0 Å². The molecule has 0 unspecified atom stereocenters. The van der Waals surface area contributed by atoms with E-state index < -0.39 is 0 Å². The number of halogens is 1. The summed E-state index contributed by atoms with van der Waals surface area (Å²) in [4.78, 5) is 12.7. The van der Waals surface area contributed by atoms with Crippen LogP contribution in [0.3, 0.4) is 0 Å². The summed E-state index contributed by atoms with van der Waals surface area (Å²) in [6, 6.07) is 29.8. The molecule has 4 aromatic carbocycles. The maximum Gasteiger partial charge on any atom is 0.271 e. The lowest BCUT2D eigenvalue weighted by molar-refractivity contribution is 0.0954. The Morgan fingerprint density at radius 2 is 1.51 bits per heavy atom. The molecule has 0 bridgehead atoms. The van der Waals surface area contributed by atoms with Gasteiger partial charge in [0.15, 0.2) is 11.5 Å². The molecule has 0 aliphatic heterocycles. The number of nitrogens with one attached hydrogen (secondary N) is 1. The van der Waals surface area contributed by atoms with Crippen LogP contribution in [-0.4, -0.2) is 18.7 Å². The van der Waals surface area contributed by atoms with E-state index in [2.05, 4.69) is 10.5 Å². The Balaban J connectivity index is 1.39. The summed E-state index contributed by atoms with van der Waals surface area (Å²) in [6.07, 6.45) is 1.55. The van der Waals surface area contributed by atoms with Gasteiger partial charge in [0.1, 0.15) is 19.0 Å². The van der Waals surface area contributed by atoms with Gasteiger partial charge in [-0.05, 0) is 60.5 Å². The maximum absolute atomic E-state index is 12.7. The van der Waals surface area contributed by atoms with Crippen LogP contribution < -0.4 is 19.6 Å². The lowest BCUT2D eigenvalue weighted by atomic mass is 10.2. The average Bonchev–Trinajstić information content (AvgIpc) is 2.92. The van der Waals surface area contributed by atoms with Crippen LogP contribution in [0.5, 0.6) is 17.2 Å². The Labute approximate surface area is 221 Å². The molecule has 4 rings (SSSR count). The summed E-state index contributed by atoms with van der Waals surface area (Å²) < 4.78 is 17.6. The molecular weight excluding hydrogens is 488 g/mol. The van der Waals surface area contributed by atoms with E-state index in [9.17, 15) is 4.79 Å². The molecule has 0 saturated carbocycles. The number of ether oxygens (including phenoxy) is 3. The predicted molar refractivity (Wildman–Crippen MR) is 146 cm³/mol. The van der Waals surface area contributed by atoms with Gasteiger partial charge < -0.3 is 14.2 Å². The Hall–Kier alpha value is -4.29. The molecule has 0 spiro atoms. The molecule has 0 aromatic heterocycles. The van der Waals surface area contributed by atoms with Crippen molar-refractivity contribution in [2.24, 2.45) is 5.10 Å². The molecule has 0 aliphatic rings. The van der Waals surface area contributed by atoms with E-state index in [0.717, 1.165) is 16.7 Å². The lowest BCUT2D eigenvalue weighted by Gasteiger charge is -2.13. The fourth-order valence-corrected chi connectivity index (χ4v) is 3.72. The van der Waals surface area contributed by atoms with Crippen LogP contribution in [-0.2, 0) is 13.2 Å². The zero-order valence-electron chi connectivity index (χ0n) is 20.4. The van der Waals surface area contributed by atoms with Gasteiger partial charge in [-0.1, -0.05) is 66.2 Å². The van der Waals surface area contributed by atoms with E-state index in [-0.39, 0.29) is 5.91 Å². The fraction of sp³-hybridized carbons (Fsp3) is 0.133. The number of carbonyl (C=O) groups is 1. The Bertz CT molecular complexity index is 1360. The smallest absolute Gasteiger partial charge is 0.271 e. The van der Waals surface area contributed by atoms with Crippen molar-refractivity contribution in [2.45, 2.75) is 20.1 Å². The largest absolute Gasteiger partial charge is 0.490 e. The standard InChI is InChI=1S/C30H27ClN2O4/c1-2-35-29-18-24(15-16-28(29)37-20-22-9-4-3-5-10-22)30(34)33-32-19-25-12-6-7-14-27(25)36-21-23-11-8-13-26(31)17-23/h3-19H,2,20-21H2,1H3,(H,33,34)/b32-19+. The minimum Gasteiger partial charge on any atom is -0.490 e. The molecular formula is C30H27ClN2O4. The highest BCUT2D eigenvalue weighted by Crippen LogP contribution is 2.29.